The van der Waals surface area contributed by atoms with Crippen LogP contribution in [0.5, 0.6) is 0 Å². The zero-order valence-corrected chi connectivity index (χ0v) is 27.1. The Morgan fingerprint density at radius 2 is 1.32 bits per heavy atom. The van der Waals surface area contributed by atoms with Crippen molar-refractivity contribution in [3.05, 3.63) is 0 Å². The van der Waals surface area contributed by atoms with Gasteiger partial charge in [-0.15, -0.1) is 0 Å². The van der Waals surface area contributed by atoms with E-state index in [-0.39, 0.29) is 51.1 Å². The number of carbonyl (C=O) groups is 2. The quantitative estimate of drug-likeness (QED) is 0.283. The molecule has 2 unspecified atom stereocenters. The number of rotatable bonds is 11. The highest BCUT2D eigenvalue weighted by atomic mass is 16.5. The van der Waals surface area contributed by atoms with E-state index in [1.165, 1.54) is 6.92 Å². The summed E-state index contributed by atoms with van der Waals surface area (Å²) in [5.74, 6) is -0.0212. The van der Waals surface area contributed by atoms with Crippen LogP contribution in [0.15, 0.2) is 0 Å². The second kappa shape index (κ2) is 11.2. The maximum Gasteiger partial charge on any atom is 0.302 e. The van der Waals surface area contributed by atoms with Crippen LogP contribution in [0.4, 0.5) is 0 Å². The lowest BCUT2D eigenvalue weighted by Crippen LogP contribution is -2.56. The zero-order chi connectivity index (χ0) is 29.4. The number of hydrogen-bond donors (Lipinski definition) is 1. The van der Waals surface area contributed by atoms with E-state index in [4.69, 9.17) is 4.74 Å². The summed E-state index contributed by atoms with van der Waals surface area (Å²) >= 11 is 0. The third-order valence-electron chi connectivity index (χ3n) is 10.1. The van der Waals surface area contributed by atoms with Crippen LogP contribution in [0, 0.1) is 32.5 Å². The first kappa shape index (κ1) is 33.9. The minimum atomic E-state index is -0.471. The van der Waals surface area contributed by atoms with Crippen LogP contribution in [-0.2, 0) is 14.3 Å². The predicted molar refractivity (Wildman–Crippen MR) is 154 cm³/mol. The third-order valence-corrected chi connectivity index (χ3v) is 10.1. The highest BCUT2D eigenvalue weighted by Crippen LogP contribution is 2.55. The second-order valence-corrected chi connectivity index (χ2v) is 16.6. The Balaban J connectivity index is 3.46. The first-order valence-corrected chi connectivity index (χ1v) is 14.4. The molecule has 0 aromatic rings. The van der Waals surface area contributed by atoms with Gasteiger partial charge in [0, 0.05) is 31.3 Å². The van der Waals surface area contributed by atoms with Crippen molar-refractivity contribution in [3.63, 3.8) is 0 Å². The molecule has 0 aromatic carbocycles. The third kappa shape index (κ3) is 8.19. The lowest BCUT2D eigenvalue weighted by molar-refractivity contribution is -0.168. The van der Waals surface area contributed by atoms with Crippen molar-refractivity contribution in [2.45, 2.75) is 154 Å². The SMILES string of the molecule is CC(=O)OC(CC(C)(C)C(C)(C)[C@H](CC(C)(C)C)N1CCCC1=O)C(C)(C)C(C)(C)CC(O)C(C)(C)C. The summed E-state index contributed by atoms with van der Waals surface area (Å²) in [4.78, 5) is 27.5. The van der Waals surface area contributed by atoms with Crippen molar-refractivity contribution in [1.82, 2.24) is 4.90 Å². The van der Waals surface area contributed by atoms with E-state index in [2.05, 4.69) is 102 Å². The molecule has 0 saturated carbocycles. The average molecular weight is 524 g/mol. The number of likely N-dealkylation sites (tertiary alicyclic amines) is 1. The maximum absolute atomic E-state index is 13.0. The van der Waals surface area contributed by atoms with Crippen LogP contribution in [0.2, 0.25) is 0 Å². The number of nitrogens with zero attached hydrogens (tertiary/aromatic N) is 1. The molecule has 0 bridgehead atoms. The van der Waals surface area contributed by atoms with Crippen molar-refractivity contribution in [2.75, 3.05) is 6.54 Å². The number of esters is 1. The molecule has 218 valence electrons. The molecule has 1 N–H and O–H groups in total. The number of carbonyl (C=O) groups excluding carboxylic acids is 2. The fraction of sp³-hybridized carbons (Fsp3) is 0.938. The van der Waals surface area contributed by atoms with Crippen LogP contribution in [-0.4, -0.2) is 46.7 Å². The van der Waals surface area contributed by atoms with Crippen molar-refractivity contribution < 1.29 is 19.4 Å². The summed E-state index contributed by atoms with van der Waals surface area (Å²) in [5, 5.41) is 11.0. The maximum atomic E-state index is 13.0. The standard InChI is InChI=1S/C32H61NO4/c1-22(34)37-25(32(14,15)29(8,9)20-24(35)28(5,6)7)21-30(10,11)31(12,13)23(19-27(2,3)4)33-18-16-17-26(33)36/h23-25,35H,16-21H2,1-15H3/t23-,24?,25?/m0/s1. The first-order valence-electron chi connectivity index (χ1n) is 14.4. The number of ether oxygens (including phenoxy) is 1. The van der Waals surface area contributed by atoms with Gasteiger partial charge in [0.2, 0.25) is 5.91 Å². The summed E-state index contributed by atoms with van der Waals surface area (Å²) in [5.41, 5.74) is -1.34. The molecule has 5 heteroatoms. The molecule has 1 aliphatic heterocycles. The topological polar surface area (TPSA) is 66.8 Å². The van der Waals surface area contributed by atoms with Gasteiger partial charge in [-0.2, -0.15) is 0 Å². The van der Waals surface area contributed by atoms with Gasteiger partial charge in [0.05, 0.1) is 6.10 Å². The Bertz CT molecular complexity index is 795. The van der Waals surface area contributed by atoms with Gasteiger partial charge >= 0.3 is 5.97 Å². The molecule has 0 spiro atoms. The Labute approximate surface area is 229 Å². The van der Waals surface area contributed by atoms with Gasteiger partial charge in [0.15, 0.2) is 0 Å². The molecule has 5 nitrogen and oxygen atoms in total. The molecule has 1 aliphatic rings. The monoisotopic (exact) mass is 523 g/mol. The summed E-state index contributed by atoms with van der Waals surface area (Å²) in [6, 6.07) is 0.0920. The van der Waals surface area contributed by atoms with Crippen molar-refractivity contribution in [3.8, 4) is 0 Å². The van der Waals surface area contributed by atoms with Gasteiger partial charge in [-0.1, -0.05) is 96.9 Å². The van der Waals surface area contributed by atoms with Crippen LogP contribution in [0.3, 0.4) is 0 Å². The molecule has 1 heterocycles. The fourth-order valence-corrected chi connectivity index (χ4v) is 5.64. The normalized spacial score (nSPS) is 19.1. The Kier molecular flexibility index (Phi) is 10.3. The number of aliphatic hydroxyl groups is 1. The predicted octanol–water partition coefficient (Wildman–Crippen LogP) is 7.64. The Morgan fingerprint density at radius 1 is 0.838 bits per heavy atom. The van der Waals surface area contributed by atoms with Gasteiger partial charge < -0.3 is 14.7 Å². The molecular formula is C32H61NO4. The van der Waals surface area contributed by atoms with E-state index >= 15 is 0 Å². The smallest absolute Gasteiger partial charge is 0.302 e. The van der Waals surface area contributed by atoms with Gasteiger partial charge in [-0.3, -0.25) is 9.59 Å². The highest BCUT2D eigenvalue weighted by Gasteiger charge is 2.53. The van der Waals surface area contributed by atoms with Crippen LogP contribution >= 0.6 is 0 Å². The zero-order valence-electron chi connectivity index (χ0n) is 27.1. The molecule has 0 radical (unpaired) electrons. The van der Waals surface area contributed by atoms with Gasteiger partial charge in [0.25, 0.3) is 0 Å². The Morgan fingerprint density at radius 3 is 1.70 bits per heavy atom. The van der Waals surface area contributed by atoms with Gasteiger partial charge in [0.1, 0.15) is 6.10 Å². The Hall–Kier alpha value is -1.10. The number of aliphatic hydroxyl groups excluding tert-OH is 1. The average Bonchev–Trinajstić information content (AvgIpc) is 3.08. The molecule has 1 fully saturated rings. The summed E-state index contributed by atoms with van der Waals surface area (Å²) in [7, 11) is 0. The van der Waals surface area contributed by atoms with Crippen LogP contribution < -0.4 is 0 Å². The molecule has 1 amide bonds. The van der Waals surface area contributed by atoms with Crippen molar-refractivity contribution in [2.24, 2.45) is 32.5 Å². The van der Waals surface area contributed by atoms with E-state index < -0.39 is 11.5 Å². The van der Waals surface area contributed by atoms with E-state index in [9.17, 15) is 14.7 Å². The lowest BCUT2D eigenvalue weighted by Gasteiger charge is -2.55. The van der Waals surface area contributed by atoms with Crippen LogP contribution in [0.1, 0.15) is 136 Å². The van der Waals surface area contributed by atoms with Crippen LogP contribution in [0.25, 0.3) is 0 Å². The molecule has 0 aliphatic carbocycles. The molecule has 3 atom stereocenters. The molecular weight excluding hydrogens is 462 g/mol. The molecule has 37 heavy (non-hydrogen) atoms. The summed E-state index contributed by atoms with van der Waals surface area (Å²) in [6.45, 7) is 33.1. The van der Waals surface area contributed by atoms with Crippen molar-refractivity contribution in [1.29, 1.82) is 0 Å². The molecule has 1 saturated heterocycles. The fourth-order valence-electron chi connectivity index (χ4n) is 5.64. The largest absolute Gasteiger partial charge is 0.462 e. The second-order valence-electron chi connectivity index (χ2n) is 16.6. The number of amides is 1. The number of hydrogen-bond acceptors (Lipinski definition) is 4. The van der Waals surface area contributed by atoms with Gasteiger partial charge in [-0.05, 0) is 52.8 Å². The van der Waals surface area contributed by atoms with Crippen molar-refractivity contribution >= 4 is 11.9 Å². The minimum Gasteiger partial charge on any atom is -0.462 e. The summed E-state index contributed by atoms with van der Waals surface area (Å²) in [6.07, 6.45) is 2.94. The summed E-state index contributed by atoms with van der Waals surface area (Å²) < 4.78 is 6.13. The van der Waals surface area contributed by atoms with E-state index in [1.807, 2.05) is 0 Å². The first-order chi connectivity index (χ1) is 16.3. The van der Waals surface area contributed by atoms with E-state index in [1.54, 1.807) is 0 Å². The van der Waals surface area contributed by atoms with E-state index in [0.29, 0.717) is 19.3 Å². The van der Waals surface area contributed by atoms with E-state index in [0.717, 1.165) is 19.4 Å². The molecule has 1 rings (SSSR count). The highest BCUT2D eigenvalue weighted by molar-refractivity contribution is 5.78. The van der Waals surface area contributed by atoms with Gasteiger partial charge in [-0.25, -0.2) is 0 Å². The minimum absolute atomic E-state index is 0.0700. The lowest BCUT2D eigenvalue weighted by atomic mass is 9.54. The molecule has 0 aromatic heterocycles.